The van der Waals surface area contributed by atoms with Crippen molar-refractivity contribution in [1.29, 1.82) is 0 Å². The summed E-state index contributed by atoms with van der Waals surface area (Å²) in [4.78, 5) is 0. The second-order valence-corrected chi connectivity index (χ2v) is 3.64. The van der Waals surface area contributed by atoms with Gasteiger partial charge in [-0.1, -0.05) is 17.7 Å². The third-order valence-electron chi connectivity index (χ3n) is 2.17. The average molecular weight is 198 g/mol. The molecule has 1 aromatic carbocycles. The lowest BCUT2D eigenvalue weighted by atomic mass is 10.1. The van der Waals surface area contributed by atoms with E-state index in [4.69, 9.17) is 16.3 Å². The molecule has 0 radical (unpaired) electrons. The van der Waals surface area contributed by atoms with Gasteiger partial charge in [0.2, 0.25) is 0 Å². The van der Waals surface area contributed by atoms with Crippen molar-refractivity contribution in [2.75, 3.05) is 13.2 Å². The van der Waals surface area contributed by atoms with Crippen molar-refractivity contribution in [3.8, 4) is 5.75 Å². The zero-order chi connectivity index (χ0) is 9.10. The lowest BCUT2D eigenvalue weighted by Crippen LogP contribution is -2.46. The highest BCUT2D eigenvalue weighted by molar-refractivity contribution is 6.30. The number of nitrogens with one attached hydrogen (secondary N) is 1. The molecule has 1 aliphatic rings. The van der Waals surface area contributed by atoms with Crippen LogP contribution in [-0.4, -0.2) is 19.2 Å². The van der Waals surface area contributed by atoms with E-state index in [1.807, 2.05) is 24.3 Å². The van der Waals surface area contributed by atoms with Crippen molar-refractivity contribution < 1.29 is 4.74 Å². The van der Waals surface area contributed by atoms with E-state index in [0.29, 0.717) is 6.04 Å². The molecule has 0 aliphatic carbocycles. The van der Waals surface area contributed by atoms with E-state index < -0.39 is 0 Å². The van der Waals surface area contributed by atoms with Crippen molar-refractivity contribution in [1.82, 2.24) is 5.32 Å². The molecule has 0 spiro atoms. The van der Waals surface area contributed by atoms with Gasteiger partial charge in [-0.2, -0.15) is 0 Å². The molecule has 2 nitrogen and oxygen atoms in total. The molecule has 1 fully saturated rings. The van der Waals surface area contributed by atoms with E-state index in [1.54, 1.807) is 0 Å². The van der Waals surface area contributed by atoms with Gasteiger partial charge in [0.15, 0.2) is 0 Å². The molecule has 3 heteroatoms. The van der Waals surface area contributed by atoms with Gasteiger partial charge in [0, 0.05) is 11.1 Å². The fraction of sp³-hybridized carbons (Fsp3) is 0.400. The molecule has 1 aromatic rings. The largest absolute Gasteiger partial charge is 0.492 e. The molecular formula is C10H12ClNO. The Morgan fingerprint density at radius 1 is 1.54 bits per heavy atom. The van der Waals surface area contributed by atoms with Crippen molar-refractivity contribution >= 4 is 11.6 Å². The predicted octanol–water partition coefficient (Wildman–Crippen LogP) is 2.08. The summed E-state index contributed by atoms with van der Waals surface area (Å²) in [7, 11) is 0. The van der Waals surface area contributed by atoms with E-state index >= 15 is 0 Å². The molecule has 13 heavy (non-hydrogen) atoms. The quantitative estimate of drug-likeness (QED) is 0.801. The van der Waals surface area contributed by atoms with Gasteiger partial charge in [-0.15, -0.1) is 0 Å². The minimum atomic E-state index is 0.527. The average Bonchev–Trinajstić information content (AvgIpc) is 2.01. The molecule has 1 N–H and O–H groups in total. The Labute approximate surface area is 82.9 Å². The van der Waals surface area contributed by atoms with Gasteiger partial charge < -0.3 is 10.1 Å². The van der Waals surface area contributed by atoms with Crippen LogP contribution < -0.4 is 10.1 Å². The van der Waals surface area contributed by atoms with Crippen molar-refractivity contribution in [2.24, 2.45) is 0 Å². The summed E-state index contributed by atoms with van der Waals surface area (Å²) >= 11 is 5.81. The lowest BCUT2D eigenvalue weighted by molar-refractivity contribution is 0.217. The zero-order valence-electron chi connectivity index (χ0n) is 7.29. The fourth-order valence-electron chi connectivity index (χ4n) is 1.24. The highest BCUT2D eigenvalue weighted by Crippen LogP contribution is 2.17. The summed E-state index contributed by atoms with van der Waals surface area (Å²) in [6.45, 7) is 1.85. The maximum atomic E-state index is 5.81. The van der Waals surface area contributed by atoms with Crippen LogP contribution >= 0.6 is 11.6 Å². The number of benzene rings is 1. The summed E-state index contributed by atoms with van der Waals surface area (Å²) in [5.74, 6) is 0.848. The Kier molecular flexibility index (Phi) is 2.71. The summed E-state index contributed by atoms with van der Waals surface area (Å²) in [6.07, 6.45) is 1.21. The van der Waals surface area contributed by atoms with E-state index in [0.717, 1.165) is 23.9 Å². The first kappa shape index (κ1) is 8.85. The van der Waals surface area contributed by atoms with Gasteiger partial charge in [-0.25, -0.2) is 0 Å². The first-order chi connectivity index (χ1) is 6.34. The number of hydrogen-bond donors (Lipinski definition) is 1. The van der Waals surface area contributed by atoms with E-state index in [2.05, 4.69) is 5.32 Å². The van der Waals surface area contributed by atoms with Crippen LogP contribution in [-0.2, 0) is 0 Å². The Morgan fingerprint density at radius 3 is 3.00 bits per heavy atom. The molecule has 1 unspecified atom stereocenters. The van der Waals surface area contributed by atoms with Crippen LogP contribution in [0.25, 0.3) is 0 Å². The van der Waals surface area contributed by atoms with Crippen molar-refractivity contribution in [3.63, 3.8) is 0 Å². The first-order valence-electron chi connectivity index (χ1n) is 4.46. The molecule has 0 aromatic heterocycles. The summed E-state index contributed by atoms with van der Waals surface area (Å²) in [6, 6.07) is 8.02. The fourth-order valence-corrected chi connectivity index (χ4v) is 1.42. The highest BCUT2D eigenvalue weighted by atomic mass is 35.5. The van der Waals surface area contributed by atoms with Crippen molar-refractivity contribution in [3.05, 3.63) is 29.3 Å². The van der Waals surface area contributed by atoms with E-state index in [-0.39, 0.29) is 0 Å². The number of rotatable bonds is 3. The van der Waals surface area contributed by atoms with Crippen LogP contribution in [0.4, 0.5) is 0 Å². The van der Waals surface area contributed by atoms with Gasteiger partial charge in [0.05, 0.1) is 0 Å². The van der Waals surface area contributed by atoms with Crippen LogP contribution in [0, 0.1) is 0 Å². The minimum absolute atomic E-state index is 0.527. The summed E-state index contributed by atoms with van der Waals surface area (Å²) < 4.78 is 5.54. The Hall–Kier alpha value is -0.730. The number of hydrogen-bond acceptors (Lipinski definition) is 2. The maximum Gasteiger partial charge on any atom is 0.120 e. The van der Waals surface area contributed by atoms with Crippen LogP contribution in [0.5, 0.6) is 5.75 Å². The molecule has 1 atom stereocenters. The van der Waals surface area contributed by atoms with Gasteiger partial charge >= 0.3 is 0 Å². The molecular weight excluding hydrogens is 186 g/mol. The number of halogens is 1. The third-order valence-corrected chi connectivity index (χ3v) is 2.41. The monoisotopic (exact) mass is 197 g/mol. The van der Waals surface area contributed by atoms with Gasteiger partial charge in [0.1, 0.15) is 12.4 Å². The van der Waals surface area contributed by atoms with Crippen LogP contribution in [0.2, 0.25) is 5.02 Å². The van der Waals surface area contributed by atoms with Crippen LogP contribution in [0.15, 0.2) is 24.3 Å². The topological polar surface area (TPSA) is 21.3 Å². The van der Waals surface area contributed by atoms with E-state index in [9.17, 15) is 0 Å². The molecule has 2 rings (SSSR count). The molecule has 1 aliphatic heterocycles. The second-order valence-electron chi connectivity index (χ2n) is 3.21. The highest BCUT2D eigenvalue weighted by Gasteiger charge is 2.16. The minimum Gasteiger partial charge on any atom is -0.492 e. The first-order valence-corrected chi connectivity index (χ1v) is 4.84. The molecule has 0 amide bonds. The Morgan fingerprint density at radius 2 is 2.38 bits per heavy atom. The normalized spacial score (nSPS) is 20.8. The van der Waals surface area contributed by atoms with Crippen LogP contribution in [0.3, 0.4) is 0 Å². The summed E-state index contributed by atoms with van der Waals surface area (Å²) in [5.41, 5.74) is 0. The van der Waals surface area contributed by atoms with Crippen molar-refractivity contribution in [2.45, 2.75) is 12.5 Å². The molecule has 1 saturated heterocycles. The van der Waals surface area contributed by atoms with E-state index in [1.165, 1.54) is 6.42 Å². The second kappa shape index (κ2) is 3.99. The number of ether oxygens (including phenoxy) is 1. The van der Waals surface area contributed by atoms with Gasteiger partial charge in [-0.3, -0.25) is 0 Å². The smallest absolute Gasteiger partial charge is 0.120 e. The van der Waals surface area contributed by atoms with Gasteiger partial charge in [-0.05, 0) is 31.2 Å². The van der Waals surface area contributed by atoms with Crippen LogP contribution in [0.1, 0.15) is 6.42 Å². The zero-order valence-corrected chi connectivity index (χ0v) is 8.05. The maximum absolute atomic E-state index is 5.81. The SMILES string of the molecule is Clc1cccc(OCC2CCN2)c1. The van der Waals surface area contributed by atoms with Gasteiger partial charge in [0.25, 0.3) is 0 Å². The predicted molar refractivity (Wildman–Crippen MR) is 53.4 cm³/mol. The standard InChI is InChI=1S/C10H12ClNO/c11-8-2-1-3-10(6-8)13-7-9-4-5-12-9/h1-3,6,9,12H,4-5,7H2. The Balaban J connectivity index is 1.86. The molecule has 1 heterocycles. The third kappa shape index (κ3) is 2.36. The molecule has 70 valence electrons. The Bertz CT molecular complexity index is 286. The molecule has 0 saturated carbocycles. The summed E-state index contributed by atoms with van der Waals surface area (Å²) in [5, 5.41) is 3.99. The molecule has 0 bridgehead atoms. The lowest BCUT2D eigenvalue weighted by Gasteiger charge is -2.27.